The zero-order chi connectivity index (χ0) is 22.6. The highest BCUT2D eigenvalue weighted by atomic mass is 32.2. The molecular weight excluding hydrogens is 428 g/mol. The van der Waals surface area contributed by atoms with Gasteiger partial charge in [0.15, 0.2) is 0 Å². The molecule has 32 heavy (non-hydrogen) atoms. The maximum absolute atomic E-state index is 13.2. The SMILES string of the molecule is COc1ccc(OC)c(S(=O)(=O)N2CCC(Nc3nccc(-c4ccccc4)n3)CC2)c1. The predicted molar refractivity (Wildman–Crippen MR) is 122 cm³/mol. The Bertz CT molecular complexity index is 1160. The van der Waals surface area contributed by atoms with Gasteiger partial charge < -0.3 is 14.8 Å². The van der Waals surface area contributed by atoms with E-state index in [1.54, 1.807) is 18.3 Å². The van der Waals surface area contributed by atoms with Gasteiger partial charge in [-0.2, -0.15) is 4.31 Å². The van der Waals surface area contributed by atoms with Crippen molar-refractivity contribution in [2.24, 2.45) is 0 Å². The van der Waals surface area contributed by atoms with Crippen LogP contribution in [0.1, 0.15) is 12.8 Å². The Balaban J connectivity index is 1.44. The summed E-state index contributed by atoms with van der Waals surface area (Å²) in [6.07, 6.45) is 3.02. The molecule has 1 fully saturated rings. The first-order chi connectivity index (χ1) is 15.5. The fourth-order valence-corrected chi connectivity index (χ4v) is 5.39. The molecule has 0 bridgehead atoms. The number of nitrogens with zero attached hydrogens (tertiary/aromatic N) is 3. The Morgan fingerprint density at radius 2 is 1.75 bits per heavy atom. The highest BCUT2D eigenvalue weighted by Crippen LogP contribution is 2.32. The van der Waals surface area contributed by atoms with Crippen molar-refractivity contribution in [3.05, 3.63) is 60.8 Å². The summed E-state index contributed by atoms with van der Waals surface area (Å²) < 4.78 is 38.5. The predicted octanol–water partition coefficient (Wildman–Crippen LogP) is 3.43. The summed E-state index contributed by atoms with van der Waals surface area (Å²) in [5.74, 6) is 1.32. The van der Waals surface area contributed by atoms with Crippen molar-refractivity contribution in [3.63, 3.8) is 0 Å². The second-order valence-corrected chi connectivity index (χ2v) is 9.38. The molecule has 4 rings (SSSR count). The van der Waals surface area contributed by atoms with E-state index in [4.69, 9.17) is 9.47 Å². The fraction of sp³-hybridized carbons (Fsp3) is 0.304. The van der Waals surface area contributed by atoms with Crippen molar-refractivity contribution >= 4 is 16.0 Å². The molecule has 1 aliphatic heterocycles. The van der Waals surface area contributed by atoms with E-state index < -0.39 is 10.0 Å². The number of rotatable bonds is 7. The van der Waals surface area contributed by atoms with Crippen molar-refractivity contribution in [1.29, 1.82) is 0 Å². The smallest absolute Gasteiger partial charge is 0.246 e. The molecule has 0 saturated carbocycles. The van der Waals surface area contributed by atoms with Gasteiger partial charge in [-0.25, -0.2) is 18.4 Å². The normalized spacial score (nSPS) is 15.3. The van der Waals surface area contributed by atoms with E-state index in [1.807, 2.05) is 36.4 Å². The van der Waals surface area contributed by atoms with Crippen molar-refractivity contribution in [3.8, 4) is 22.8 Å². The molecule has 0 atom stereocenters. The van der Waals surface area contributed by atoms with Gasteiger partial charge in [0.1, 0.15) is 16.4 Å². The second-order valence-electron chi connectivity index (χ2n) is 7.47. The number of hydrogen-bond acceptors (Lipinski definition) is 7. The molecular formula is C23H26N4O4S. The molecule has 9 heteroatoms. The van der Waals surface area contributed by atoms with Crippen LogP contribution in [0, 0.1) is 0 Å². The number of benzene rings is 2. The van der Waals surface area contributed by atoms with Gasteiger partial charge in [0.25, 0.3) is 0 Å². The van der Waals surface area contributed by atoms with E-state index in [1.165, 1.54) is 24.6 Å². The molecule has 8 nitrogen and oxygen atoms in total. The Labute approximate surface area is 188 Å². The zero-order valence-electron chi connectivity index (χ0n) is 18.1. The molecule has 1 aromatic heterocycles. The van der Waals surface area contributed by atoms with E-state index >= 15 is 0 Å². The third-order valence-electron chi connectivity index (χ3n) is 5.50. The van der Waals surface area contributed by atoms with E-state index in [9.17, 15) is 8.42 Å². The minimum Gasteiger partial charge on any atom is -0.497 e. The van der Waals surface area contributed by atoms with Crippen LogP contribution in [0.3, 0.4) is 0 Å². The lowest BCUT2D eigenvalue weighted by atomic mass is 10.1. The maximum atomic E-state index is 13.2. The van der Waals surface area contributed by atoms with Crippen molar-refractivity contribution in [2.75, 3.05) is 32.6 Å². The summed E-state index contributed by atoms with van der Waals surface area (Å²) in [6.45, 7) is 0.775. The number of methoxy groups -OCH3 is 2. The van der Waals surface area contributed by atoms with Crippen LogP contribution >= 0.6 is 0 Å². The number of hydrogen-bond donors (Lipinski definition) is 1. The van der Waals surface area contributed by atoms with Crippen LogP contribution in [-0.4, -0.2) is 56.0 Å². The molecule has 1 aliphatic rings. The van der Waals surface area contributed by atoms with Crippen LogP contribution in [-0.2, 0) is 10.0 Å². The van der Waals surface area contributed by atoms with Crippen molar-refractivity contribution < 1.29 is 17.9 Å². The molecule has 2 aromatic carbocycles. The topological polar surface area (TPSA) is 93.7 Å². The molecule has 1 saturated heterocycles. The summed E-state index contributed by atoms with van der Waals surface area (Å²) >= 11 is 0. The Kier molecular flexibility index (Phi) is 6.57. The Morgan fingerprint density at radius 3 is 2.44 bits per heavy atom. The minimum absolute atomic E-state index is 0.0830. The van der Waals surface area contributed by atoms with Gasteiger partial charge in [-0.3, -0.25) is 0 Å². The number of nitrogens with one attached hydrogen (secondary N) is 1. The monoisotopic (exact) mass is 454 g/mol. The lowest BCUT2D eigenvalue weighted by Gasteiger charge is -2.32. The molecule has 168 valence electrons. The largest absolute Gasteiger partial charge is 0.497 e. The lowest BCUT2D eigenvalue weighted by Crippen LogP contribution is -2.42. The van der Waals surface area contributed by atoms with Crippen LogP contribution in [0.25, 0.3) is 11.3 Å². The first kappa shape index (κ1) is 22.0. The summed E-state index contributed by atoms with van der Waals surface area (Å²) in [5, 5.41) is 3.36. The Morgan fingerprint density at radius 1 is 1.00 bits per heavy atom. The molecule has 0 radical (unpaired) electrons. The van der Waals surface area contributed by atoms with Gasteiger partial charge in [-0.15, -0.1) is 0 Å². The first-order valence-corrected chi connectivity index (χ1v) is 11.8. The highest BCUT2D eigenvalue weighted by Gasteiger charge is 2.32. The average Bonchev–Trinajstić information content (AvgIpc) is 2.84. The summed E-state index contributed by atoms with van der Waals surface area (Å²) in [6, 6.07) is 16.7. The van der Waals surface area contributed by atoms with Crippen molar-refractivity contribution in [2.45, 2.75) is 23.8 Å². The highest BCUT2D eigenvalue weighted by molar-refractivity contribution is 7.89. The number of anilines is 1. The van der Waals surface area contributed by atoms with E-state index in [0.717, 1.165) is 11.3 Å². The van der Waals surface area contributed by atoms with Gasteiger partial charge in [-0.1, -0.05) is 30.3 Å². The summed E-state index contributed by atoms with van der Waals surface area (Å²) in [5.41, 5.74) is 1.86. The maximum Gasteiger partial charge on any atom is 0.246 e. The van der Waals surface area contributed by atoms with Crippen molar-refractivity contribution in [1.82, 2.24) is 14.3 Å². The van der Waals surface area contributed by atoms with Crippen LogP contribution < -0.4 is 14.8 Å². The molecule has 0 amide bonds. The number of ether oxygens (including phenoxy) is 2. The summed E-state index contributed by atoms with van der Waals surface area (Å²) in [7, 11) is -0.744. The number of aromatic nitrogens is 2. The van der Waals surface area contributed by atoms with Crippen LogP contribution in [0.5, 0.6) is 11.5 Å². The molecule has 2 heterocycles. The number of sulfonamides is 1. The average molecular weight is 455 g/mol. The van der Waals surface area contributed by atoms with Crippen LogP contribution in [0.2, 0.25) is 0 Å². The van der Waals surface area contributed by atoms with E-state index in [-0.39, 0.29) is 10.9 Å². The quantitative estimate of drug-likeness (QED) is 0.585. The third kappa shape index (κ3) is 4.68. The molecule has 0 spiro atoms. The van der Waals surface area contributed by atoms with E-state index in [2.05, 4.69) is 15.3 Å². The van der Waals surface area contributed by atoms with Gasteiger partial charge in [0, 0.05) is 37.0 Å². The molecule has 0 aliphatic carbocycles. The first-order valence-electron chi connectivity index (χ1n) is 10.4. The Hall–Kier alpha value is -3.17. The zero-order valence-corrected chi connectivity index (χ0v) is 18.9. The fourth-order valence-electron chi connectivity index (χ4n) is 3.75. The standard InChI is InChI=1S/C23H26N4O4S/c1-30-19-8-9-21(31-2)22(16-19)32(28,29)27-14-11-18(12-15-27)25-23-24-13-10-20(26-23)17-6-4-3-5-7-17/h3-10,13,16,18H,11-12,14-15H2,1-2H3,(H,24,25,26). The van der Waals surface area contributed by atoms with Gasteiger partial charge in [-0.05, 0) is 31.0 Å². The second kappa shape index (κ2) is 9.54. The lowest BCUT2D eigenvalue weighted by molar-refractivity contribution is 0.326. The van der Waals surface area contributed by atoms with Crippen LogP contribution in [0.15, 0.2) is 65.7 Å². The van der Waals surface area contributed by atoms with Gasteiger partial charge >= 0.3 is 0 Å². The molecule has 3 aromatic rings. The third-order valence-corrected chi connectivity index (χ3v) is 7.42. The molecule has 1 N–H and O–H groups in total. The minimum atomic E-state index is -3.71. The van der Waals surface area contributed by atoms with Crippen LogP contribution in [0.4, 0.5) is 5.95 Å². The van der Waals surface area contributed by atoms with Gasteiger partial charge in [0.2, 0.25) is 16.0 Å². The number of piperidine rings is 1. The summed E-state index contributed by atoms with van der Waals surface area (Å²) in [4.78, 5) is 9.06. The van der Waals surface area contributed by atoms with E-state index in [0.29, 0.717) is 43.4 Å². The van der Waals surface area contributed by atoms with Gasteiger partial charge in [0.05, 0.1) is 19.9 Å². The molecule has 0 unspecified atom stereocenters.